The first-order valence-electron chi connectivity index (χ1n) is 12.4. The van der Waals surface area contributed by atoms with Gasteiger partial charge < -0.3 is 20.4 Å². The van der Waals surface area contributed by atoms with E-state index in [2.05, 4.69) is 20.9 Å². The van der Waals surface area contributed by atoms with E-state index in [0.29, 0.717) is 30.0 Å². The summed E-state index contributed by atoms with van der Waals surface area (Å²) in [7, 11) is 1.52. The Kier molecular flexibility index (Phi) is 8.65. The van der Waals surface area contributed by atoms with Crippen LogP contribution >= 0.6 is 0 Å². The van der Waals surface area contributed by atoms with Gasteiger partial charge in [-0.2, -0.15) is 13.2 Å². The van der Waals surface area contributed by atoms with Crippen LogP contribution in [0.3, 0.4) is 0 Å². The van der Waals surface area contributed by atoms with Crippen molar-refractivity contribution in [1.29, 1.82) is 0 Å². The Labute approximate surface area is 222 Å². The number of likely N-dealkylation sites (tertiary alicyclic amines) is 1. The minimum absolute atomic E-state index is 0.0301. The number of nitrogens with one attached hydrogen (secondary N) is 3. The third kappa shape index (κ3) is 7.02. The molecule has 1 aromatic carbocycles. The maximum absolute atomic E-state index is 12.9. The van der Waals surface area contributed by atoms with E-state index in [-0.39, 0.29) is 23.9 Å². The molecule has 39 heavy (non-hydrogen) atoms. The molecule has 1 aliphatic rings. The highest BCUT2D eigenvalue weighted by Crippen LogP contribution is 2.27. The van der Waals surface area contributed by atoms with Crippen molar-refractivity contribution in [2.75, 3.05) is 20.1 Å². The number of alkyl halides is 3. The number of nitrogens with zero attached hydrogens (tertiary/aromatic N) is 2. The highest BCUT2D eigenvalue weighted by atomic mass is 19.4. The second kappa shape index (κ2) is 12.1. The number of hydrogen-bond acceptors (Lipinski definition) is 6. The number of aromatic nitrogens is 1. The zero-order valence-electron chi connectivity index (χ0n) is 21.2. The van der Waals surface area contributed by atoms with E-state index in [0.717, 1.165) is 31.4 Å². The van der Waals surface area contributed by atoms with Crippen LogP contribution in [0.2, 0.25) is 0 Å². The summed E-state index contributed by atoms with van der Waals surface area (Å²) in [5.74, 6) is -1.17. The number of rotatable bonds is 8. The van der Waals surface area contributed by atoms with Gasteiger partial charge in [0.2, 0.25) is 0 Å². The number of furan rings is 1. The van der Waals surface area contributed by atoms with E-state index in [9.17, 15) is 27.6 Å². The van der Waals surface area contributed by atoms with E-state index in [1.165, 1.54) is 19.2 Å². The molecule has 0 spiro atoms. The summed E-state index contributed by atoms with van der Waals surface area (Å²) in [6, 6.07) is 13.2. The lowest BCUT2D eigenvalue weighted by Gasteiger charge is -2.33. The number of amides is 3. The third-order valence-corrected chi connectivity index (χ3v) is 6.28. The normalized spacial score (nSPS) is 14.9. The maximum atomic E-state index is 12.9. The van der Waals surface area contributed by atoms with Crippen molar-refractivity contribution < 1.29 is 32.0 Å². The SMILES string of the molecule is CNC(=O)[C@@H](NC(=O)c1ccc(-c2cccc(CNC(=O)c3cccc(C(F)(F)F)n3)c2)o1)N1CCCCC1. The highest BCUT2D eigenvalue weighted by molar-refractivity contribution is 5.95. The van der Waals surface area contributed by atoms with Gasteiger partial charge in [-0.3, -0.25) is 19.3 Å². The first kappa shape index (κ1) is 27.8. The van der Waals surface area contributed by atoms with Crippen LogP contribution in [0.4, 0.5) is 13.2 Å². The van der Waals surface area contributed by atoms with Crippen LogP contribution in [0, 0.1) is 0 Å². The molecule has 206 valence electrons. The van der Waals surface area contributed by atoms with E-state index < -0.39 is 29.9 Å². The number of halogens is 3. The molecule has 3 aromatic rings. The van der Waals surface area contributed by atoms with Crippen molar-refractivity contribution in [3.8, 4) is 11.3 Å². The monoisotopic (exact) mass is 543 g/mol. The molecule has 3 amide bonds. The molecule has 4 rings (SSSR count). The molecule has 1 saturated heterocycles. The van der Waals surface area contributed by atoms with Gasteiger partial charge >= 0.3 is 6.18 Å². The van der Waals surface area contributed by atoms with Crippen molar-refractivity contribution in [3.63, 3.8) is 0 Å². The van der Waals surface area contributed by atoms with Gasteiger partial charge in [0.1, 0.15) is 17.1 Å². The van der Waals surface area contributed by atoms with Gasteiger partial charge in [0.05, 0.1) is 0 Å². The summed E-state index contributed by atoms with van der Waals surface area (Å²) in [5, 5.41) is 7.89. The summed E-state index contributed by atoms with van der Waals surface area (Å²) >= 11 is 0. The molecule has 1 aliphatic heterocycles. The van der Waals surface area contributed by atoms with Crippen molar-refractivity contribution in [2.45, 2.75) is 38.1 Å². The average Bonchev–Trinajstić information content (AvgIpc) is 3.45. The number of carbonyl (C=O) groups is 3. The highest BCUT2D eigenvalue weighted by Gasteiger charge is 2.33. The summed E-state index contributed by atoms with van der Waals surface area (Å²) in [5.41, 5.74) is -0.216. The molecule has 1 atom stereocenters. The van der Waals surface area contributed by atoms with Crippen LogP contribution in [0.5, 0.6) is 0 Å². The largest absolute Gasteiger partial charge is 0.451 e. The fourth-order valence-corrected chi connectivity index (χ4v) is 4.27. The minimum atomic E-state index is -4.65. The number of likely N-dealkylation sites (N-methyl/N-ethyl adjacent to an activating group) is 1. The van der Waals surface area contributed by atoms with Crippen molar-refractivity contribution in [3.05, 3.63) is 77.3 Å². The molecule has 0 unspecified atom stereocenters. The molecule has 0 radical (unpaired) electrons. The molecule has 0 saturated carbocycles. The predicted molar refractivity (Wildman–Crippen MR) is 135 cm³/mol. The molecule has 3 heterocycles. The number of piperidine rings is 1. The van der Waals surface area contributed by atoms with E-state index in [1.54, 1.807) is 30.3 Å². The van der Waals surface area contributed by atoms with Gasteiger partial charge in [0.15, 0.2) is 11.9 Å². The summed E-state index contributed by atoms with van der Waals surface area (Å²) in [6.07, 6.45) is -2.49. The quantitative estimate of drug-likeness (QED) is 0.400. The summed E-state index contributed by atoms with van der Waals surface area (Å²) < 4.78 is 44.4. The molecule has 9 nitrogen and oxygen atoms in total. The first-order chi connectivity index (χ1) is 18.7. The average molecular weight is 544 g/mol. The number of pyridine rings is 1. The maximum Gasteiger partial charge on any atom is 0.433 e. The van der Waals surface area contributed by atoms with E-state index in [4.69, 9.17) is 4.42 Å². The third-order valence-electron chi connectivity index (χ3n) is 6.28. The second-order valence-electron chi connectivity index (χ2n) is 9.04. The Bertz CT molecular complexity index is 1330. The Morgan fingerprint density at radius 1 is 1.00 bits per heavy atom. The molecular formula is C27H28F3N5O4. The Morgan fingerprint density at radius 2 is 1.74 bits per heavy atom. The molecular weight excluding hydrogens is 515 g/mol. The topological polar surface area (TPSA) is 117 Å². The van der Waals surface area contributed by atoms with Crippen LogP contribution in [0.1, 0.15) is 51.6 Å². The van der Waals surface area contributed by atoms with Gasteiger partial charge in [0, 0.05) is 32.2 Å². The molecule has 1 fully saturated rings. The summed E-state index contributed by atoms with van der Waals surface area (Å²) in [4.78, 5) is 43.0. The Hall–Kier alpha value is -4.19. The lowest BCUT2D eigenvalue weighted by Crippen LogP contribution is -2.57. The van der Waals surface area contributed by atoms with Crippen molar-refractivity contribution >= 4 is 17.7 Å². The van der Waals surface area contributed by atoms with Crippen LogP contribution < -0.4 is 16.0 Å². The van der Waals surface area contributed by atoms with Crippen LogP contribution in [-0.4, -0.2) is 53.9 Å². The van der Waals surface area contributed by atoms with E-state index >= 15 is 0 Å². The predicted octanol–water partition coefficient (Wildman–Crippen LogP) is 3.58. The number of hydrogen-bond donors (Lipinski definition) is 3. The van der Waals surface area contributed by atoms with Crippen LogP contribution in [0.25, 0.3) is 11.3 Å². The van der Waals surface area contributed by atoms with E-state index in [1.807, 2.05) is 4.90 Å². The van der Waals surface area contributed by atoms with Crippen LogP contribution in [0.15, 0.2) is 59.0 Å². The second-order valence-corrected chi connectivity index (χ2v) is 9.04. The van der Waals surface area contributed by atoms with Gasteiger partial charge in [-0.05, 0) is 48.7 Å². The van der Waals surface area contributed by atoms with Gasteiger partial charge in [-0.15, -0.1) is 0 Å². The van der Waals surface area contributed by atoms with Crippen molar-refractivity contribution in [2.24, 2.45) is 0 Å². The fraction of sp³-hybridized carbons (Fsp3) is 0.333. The zero-order valence-corrected chi connectivity index (χ0v) is 21.2. The fourth-order valence-electron chi connectivity index (χ4n) is 4.27. The molecule has 0 bridgehead atoms. The van der Waals surface area contributed by atoms with Gasteiger partial charge in [0.25, 0.3) is 17.7 Å². The van der Waals surface area contributed by atoms with Crippen LogP contribution in [-0.2, 0) is 17.5 Å². The Morgan fingerprint density at radius 3 is 2.46 bits per heavy atom. The number of carbonyl (C=O) groups excluding carboxylic acids is 3. The standard InChI is InChI=1S/C27H28F3N5O4/c1-31-26(38)23(35-13-3-2-4-14-35)34-25(37)21-12-11-20(39-21)18-8-5-7-17(15-18)16-32-24(36)19-9-6-10-22(33-19)27(28,29)30/h5-12,15,23H,2-4,13-14,16H2,1H3,(H,31,38)(H,32,36)(H,34,37)/t23-/m0/s1. The Balaban J connectivity index is 1.41. The molecule has 0 aliphatic carbocycles. The molecule has 2 aromatic heterocycles. The lowest BCUT2D eigenvalue weighted by atomic mass is 10.1. The zero-order chi connectivity index (χ0) is 28.0. The summed E-state index contributed by atoms with van der Waals surface area (Å²) in [6.45, 7) is 1.44. The number of benzene rings is 1. The molecule has 3 N–H and O–H groups in total. The van der Waals surface area contributed by atoms with Gasteiger partial charge in [-0.25, -0.2) is 4.98 Å². The first-order valence-corrected chi connectivity index (χ1v) is 12.4. The lowest BCUT2D eigenvalue weighted by molar-refractivity contribution is -0.141. The molecule has 12 heteroatoms. The van der Waals surface area contributed by atoms with Gasteiger partial charge in [-0.1, -0.05) is 30.7 Å². The van der Waals surface area contributed by atoms with Crippen molar-refractivity contribution in [1.82, 2.24) is 25.8 Å². The smallest absolute Gasteiger partial charge is 0.433 e. The minimum Gasteiger partial charge on any atom is -0.451 e.